The van der Waals surface area contributed by atoms with Crippen LogP contribution in [0.5, 0.6) is 11.5 Å². The highest BCUT2D eigenvalue weighted by molar-refractivity contribution is 7.90. The maximum atomic E-state index is 13.1. The monoisotopic (exact) mass is 442 g/mol. The Hall–Kier alpha value is -2.78. The van der Waals surface area contributed by atoms with Crippen LogP contribution in [-0.4, -0.2) is 32.4 Å². The van der Waals surface area contributed by atoms with Gasteiger partial charge in [-0.15, -0.1) is 0 Å². The maximum Gasteiger partial charge on any atom is 0.219 e. The first kappa shape index (κ1) is 21.5. The van der Waals surface area contributed by atoms with Crippen LogP contribution in [-0.2, 0) is 21.4 Å². The molecule has 162 valence electrons. The topological polar surface area (TPSA) is 67.9 Å². The van der Waals surface area contributed by atoms with Gasteiger partial charge in [-0.05, 0) is 47.5 Å². The van der Waals surface area contributed by atoms with Crippen molar-refractivity contribution in [3.8, 4) is 11.5 Å². The summed E-state index contributed by atoms with van der Waals surface area (Å²) in [6.45, 7) is 0.108. The van der Waals surface area contributed by atoms with E-state index in [0.717, 1.165) is 5.56 Å². The number of rotatable bonds is 7. The van der Waals surface area contributed by atoms with E-state index >= 15 is 0 Å². The molecule has 1 saturated heterocycles. The number of nitrogens with one attached hydrogen (secondary N) is 1. The van der Waals surface area contributed by atoms with Crippen molar-refractivity contribution in [3.63, 3.8) is 0 Å². The summed E-state index contributed by atoms with van der Waals surface area (Å²) in [6.07, 6.45) is 0. The molecule has 1 aliphatic heterocycles. The van der Waals surface area contributed by atoms with Crippen molar-refractivity contribution in [2.75, 3.05) is 13.7 Å². The van der Waals surface area contributed by atoms with Gasteiger partial charge in [-0.2, -0.15) is 5.06 Å². The molecule has 0 aromatic heterocycles. The molecule has 0 aliphatic carbocycles. The van der Waals surface area contributed by atoms with Gasteiger partial charge >= 0.3 is 0 Å². The fraction of sp³-hybridized carbons (Fsp3) is 0.217. The zero-order chi connectivity index (χ0) is 21.8. The average Bonchev–Trinajstić information content (AvgIpc) is 3.17. The molecule has 31 heavy (non-hydrogen) atoms. The Bertz CT molecular complexity index is 1120. The van der Waals surface area contributed by atoms with E-state index in [9.17, 15) is 12.8 Å². The molecule has 0 amide bonds. The lowest BCUT2D eigenvalue weighted by atomic mass is 10.0. The van der Waals surface area contributed by atoms with Crippen molar-refractivity contribution in [2.45, 2.75) is 17.8 Å². The Morgan fingerprint density at radius 2 is 1.74 bits per heavy atom. The van der Waals surface area contributed by atoms with Crippen molar-refractivity contribution in [1.82, 2.24) is 9.79 Å². The van der Waals surface area contributed by atoms with E-state index in [1.165, 1.54) is 12.1 Å². The number of ether oxygens (including phenoxy) is 1. The van der Waals surface area contributed by atoms with Crippen molar-refractivity contribution < 1.29 is 22.4 Å². The Morgan fingerprint density at radius 1 is 1.03 bits per heavy atom. The molecular weight excluding hydrogens is 419 g/mol. The van der Waals surface area contributed by atoms with E-state index in [1.54, 1.807) is 24.2 Å². The summed E-state index contributed by atoms with van der Waals surface area (Å²) in [4.78, 5) is 5.57. The summed E-state index contributed by atoms with van der Waals surface area (Å²) in [5, 5.41) is 0.744. The predicted octanol–water partition coefficient (Wildman–Crippen LogP) is 4.02. The predicted molar refractivity (Wildman–Crippen MR) is 115 cm³/mol. The first-order chi connectivity index (χ1) is 14.9. The van der Waals surface area contributed by atoms with E-state index in [4.69, 9.17) is 9.57 Å². The number of nitrogens with zero attached hydrogens (tertiary/aromatic N) is 1. The zero-order valence-electron chi connectivity index (χ0n) is 16.9. The summed E-state index contributed by atoms with van der Waals surface area (Å²) in [7, 11) is -2.01. The average molecular weight is 443 g/mol. The van der Waals surface area contributed by atoms with Gasteiger partial charge in [-0.3, -0.25) is 4.84 Å². The van der Waals surface area contributed by atoms with Crippen molar-refractivity contribution in [2.24, 2.45) is 0 Å². The van der Waals surface area contributed by atoms with Gasteiger partial charge in [0.2, 0.25) is 10.0 Å². The Morgan fingerprint density at radius 3 is 2.48 bits per heavy atom. The number of benzene rings is 3. The second-order valence-electron chi connectivity index (χ2n) is 7.31. The fourth-order valence-corrected chi connectivity index (χ4v) is 5.05. The van der Waals surface area contributed by atoms with Crippen LogP contribution in [0.25, 0.3) is 0 Å². The molecule has 2 atom stereocenters. The van der Waals surface area contributed by atoms with E-state index < -0.39 is 21.3 Å². The van der Waals surface area contributed by atoms with Crippen molar-refractivity contribution >= 4 is 10.0 Å². The van der Waals surface area contributed by atoms with E-state index in [1.807, 2.05) is 54.6 Å². The SMILES string of the molecule is CN1OCC(S(=O)(=O)NCc2ccc(F)cc2)C1c1cccc(Oc2ccccc2)c1. The number of hydroxylamine groups is 2. The normalized spacial score (nSPS) is 19.4. The molecule has 6 nitrogen and oxygen atoms in total. The van der Waals surface area contributed by atoms with E-state index in [2.05, 4.69) is 4.72 Å². The van der Waals surface area contributed by atoms with Gasteiger partial charge in [-0.25, -0.2) is 17.5 Å². The second-order valence-corrected chi connectivity index (χ2v) is 9.29. The summed E-state index contributed by atoms with van der Waals surface area (Å²) in [6, 6.07) is 21.9. The van der Waals surface area contributed by atoms with Crippen LogP contribution in [0.1, 0.15) is 17.2 Å². The van der Waals surface area contributed by atoms with Gasteiger partial charge in [0, 0.05) is 13.6 Å². The minimum absolute atomic E-state index is 0.0314. The number of hydrogen-bond acceptors (Lipinski definition) is 5. The molecule has 3 aromatic carbocycles. The van der Waals surface area contributed by atoms with E-state index in [0.29, 0.717) is 17.1 Å². The minimum atomic E-state index is -3.72. The third-order valence-corrected chi connectivity index (χ3v) is 6.89. The second kappa shape index (κ2) is 9.15. The first-order valence-corrected chi connectivity index (χ1v) is 11.4. The quantitative estimate of drug-likeness (QED) is 0.599. The third kappa shape index (κ3) is 5.11. The Labute approximate surface area is 181 Å². The summed E-state index contributed by atoms with van der Waals surface area (Å²) in [5.74, 6) is 0.940. The molecule has 4 rings (SSSR count). The molecular formula is C23H23FN2O4S. The largest absolute Gasteiger partial charge is 0.457 e. The maximum absolute atomic E-state index is 13.1. The molecule has 2 unspecified atom stereocenters. The van der Waals surface area contributed by atoms with Crippen LogP contribution in [0.2, 0.25) is 0 Å². The zero-order valence-corrected chi connectivity index (χ0v) is 17.8. The standard InChI is InChI=1S/C23H23FN2O4S/c1-26-23(18-6-5-9-21(14-18)30-20-7-3-2-4-8-20)22(16-29-26)31(27,28)25-15-17-10-12-19(24)13-11-17/h2-14,22-23,25H,15-16H2,1H3. The smallest absolute Gasteiger partial charge is 0.219 e. The van der Waals surface area contributed by atoms with Crippen LogP contribution >= 0.6 is 0 Å². The molecule has 0 radical (unpaired) electrons. The van der Waals surface area contributed by atoms with E-state index in [-0.39, 0.29) is 19.0 Å². The first-order valence-electron chi connectivity index (χ1n) is 9.84. The van der Waals surface area contributed by atoms with Gasteiger partial charge in [0.25, 0.3) is 0 Å². The third-order valence-electron chi connectivity index (χ3n) is 5.15. The summed E-state index contributed by atoms with van der Waals surface area (Å²) >= 11 is 0. The molecule has 1 aliphatic rings. The molecule has 1 heterocycles. The summed E-state index contributed by atoms with van der Waals surface area (Å²) in [5.41, 5.74) is 1.44. The highest BCUT2D eigenvalue weighted by Crippen LogP contribution is 2.35. The van der Waals surface area contributed by atoms with Crippen LogP contribution in [0, 0.1) is 5.82 Å². The highest BCUT2D eigenvalue weighted by atomic mass is 32.2. The number of halogens is 1. The van der Waals surface area contributed by atoms with Crippen molar-refractivity contribution in [3.05, 3.63) is 95.8 Å². The van der Waals surface area contributed by atoms with Crippen molar-refractivity contribution in [1.29, 1.82) is 0 Å². The van der Waals surface area contributed by atoms with Crippen LogP contribution in [0.4, 0.5) is 4.39 Å². The Balaban J connectivity index is 1.52. The lowest BCUT2D eigenvalue weighted by Gasteiger charge is -2.23. The minimum Gasteiger partial charge on any atom is -0.457 e. The fourth-order valence-electron chi connectivity index (χ4n) is 3.56. The summed E-state index contributed by atoms with van der Waals surface area (Å²) < 4.78 is 47.7. The van der Waals surface area contributed by atoms with Crippen LogP contribution < -0.4 is 9.46 Å². The number of para-hydroxylation sites is 1. The van der Waals surface area contributed by atoms with Gasteiger partial charge in [0.05, 0.1) is 12.6 Å². The number of sulfonamides is 1. The molecule has 3 aromatic rings. The Kier molecular flexibility index (Phi) is 6.33. The molecule has 0 spiro atoms. The number of hydrogen-bond donors (Lipinski definition) is 1. The molecule has 1 N–H and O–H groups in total. The van der Waals surface area contributed by atoms with Gasteiger partial charge in [0.1, 0.15) is 22.6 Å². The van der Waals surface area contributed by atoms with Gasteiger partial charge < -0.3 is 4.74 Å². The lowest BCUT2D eigenvalue weighted by Crippen LogP contribution is -2.39. The van der Waals surface area contributed by atoms with Gasteiger partial charge in [-0.1, -0.05) is 42.5 Å². The molecule has 1 fully saturated rings. The molecule has 8 heteroatoms. The molecule has 0 saturated carbocycles. The lowest BCUT2D eigenvalue weighted by molar-refractivity contribution is -0.110. The molecule has 0 bridgehead atoms. The van der Waals surface area contributed by atoms with Crippen LogP contribution in [0.15, 0.2) is 78.9 Å². The van der Waals surface area contributed by atoms with Gasteiger partial charge in [0.15, 0.2) is 0 Å². The van der Waals surface area contributed by atoms with Crippen LogP contribution in [0.3, 0.4) is 0 Å². The highest BCUT2D eigenvalue weighted by Gasteiger charge is 2.43.